The van der Waals surface area contributed by atoms with Gasteiger partial charge in [-0.1, -0.05) is 23.8 Å². The van der Waals surface area contributed by atoms with Crippen LogP contribution in [0.4, 0.5) is 5.69 Å². The van der Waals surface area contributed by atoms with E-state index in [1.54, 1.807) is 0 Å². The standard InChI is InChI=1S/C20H24N2O6/c1-11-7-8-12(2)14(9-11)13(3)21-20(23)15-10-16(26-4)18(27-5)19(28-6)17(15)22(24)25/h7-10,13H,1-6H3,(H,21,23). The molecular formula is C20H24N2O6. The van der Waals surface area contributed by atoms with Gasteiger partial charge in [0.15, 0.2) is 5.75 Å². The third-order valence-electron chi connectivity index (χ3n) is 4.48. The van der Waals surface area contributed by atoms with Gasteiger partial charge in [0.05, 0.1) is 32.3 Å². The average molecular weight is 388 g/mol. The second-order valence-electron chi connectivity index (χ2n) is 6.35. The number of nitro benzene ring substituents is 1. The SMILES string of the molecule is COc1cc(C(=O)NC(C)c2cc(C)ccc2C)c([N+](=O)[O-])c(OC)c1OC. The molecule has 1 unspecified atom stereocenters. The first-order valence-electron chi connectivity index (χ1n) is 8.60. The number of nitrogens with zero attached hydrogens (tertiary/aromatic N) is 1. The number of carbonyl (C=O) groups excluding carboxylic acids is 1. The fourth-order valence-corrected chi connectivity index (χ4v) is 3.07. The molecule has 0 aromatic heterocycles. The number of nitro groups is 1. The summed E-state index contributed by atoms with van der Waals surface area (Å²) in [7, 11) is 3.99. The van der Waals surface area contributed by atoms with Crippen molar-refractivity contribution in [3.63, 3.8) is 0 Å². The summed E-state index contributed by atoms with van der Waals surface area (Å²) in [5.41, 5.74) is 2.35. The van der Waals surface area contributed by atoms with Crippen LogP contribution in [-0.4, -0.2) is 32.2 Å². The number of hydrogen-bond donors (Lipinski definition) is 1. The van der Waals surface area contributed by atoms with E-state index in [2.05, 4.69) is 5.32 Å². The summed E-state index contributed by atoms with van der Waals surface area (Å²) in [4.78, 5) is 23.9. The molecule has 2 aromatic carbocycles. The zero-order chi connectivity index (χ0) is 21.0. The maximum atomic E-state index is 12.9. The smallest absolute Gasteiger partial charge is 0.327 e. The number of methoxy groups -OCH3 is 3. The molecule has 0 spiro atoms. The first kappa shape index (κ1) is 21.0. The highest BCUT2D eigenvalue weighted by molar-refractivity contribution is 6.00. The molecule has 8 heteroatoms. The van der Waals surface area contributed by atoms with E-state index in [1.807, 2.05) is 39.0 Å². The lowest BCUT2D eigenvalue weighted by Crippen LogP contribution is -2.28. The summed E-state index contributed by atoms with van der Waals surface area (Å²) >= 11 is 0. The second kappa shape index (κ2) is 8.60. The molecule has 0 aliphatic rings. The van der Waals surface area contributed by atoms with Crippen LogP contribution in [0.25, 0.3) is 0 Å². The molecular weight excluding hydrogens is 364 g/mol. The predicted octanol–water partition coefficient (Wildman–Crippen LogP) is 3.73. The largest absolute Gasteiger partial charge is 0.493 e. The van der Waals surface area contributed by atoms with Gasteiger partial charge in [-0.2, -0.15) is 0 Å². The number of hydrogen-bond acceptors (Lipinski definition) is 6. The lowest BCUT2D eigenvalue weighted by Gasteiger charge is -2.19. The number of nitrogens with one attached hydrogen (secondary N) is 1. The quantitative estimate of drug-likeness (QED) is 0.573. The summed E-state index contributed by atoms with van der Waals surface area (Å²) in [6.07, 6.45) is 0. The van der Waals surface area contributed by atoms with Gasteiger partial charge in [0, 0.05) is 6.07 Å². The molecule has 1 amide bonds. The zero-order valence-electron chi connectivity index (χ0n) is 16.8. The van der Waals surface area contributed by atoms with Gasteiger partial charge in [-0.3, -0.25) is 14.9 Å². The minimum absolute atomic E-state index is 0.0517. The van der Waals surface area contributed by atoms with Crippen LogP contribution in [0.2, 0.25) is 0 Å². The van der Waals surface area contributed by atoms with E-state index < -0.39 is 16.5 Å². The molecule has 0 saturated heterocycles. The monoisotopic (exact) mass is 388 g/mol. The van der Waals surface area contributed by atoms with Gasteiger partial charge in [-0.15, -0.1) is 0 Å². The molecule has 0 aliphatic heterocycles. The number of rotatable bonds is 7. The second-order valence-corrected chi connectivity index (χ2v) is 6.35. The van der Waals surface area contributed by atoms with Gasteiger partial charge in [-0.05, 0) is 31.9 Å². The highest BCUT2D eigenvalue weighted by Crippen LogP contribution is 2.46. The molecule has 1 N–H and O–H groups in total. The maximum absolute atomic E-state index is 12.9. The lowest BCUT2D eigenvalue weighted by molar-refractivity contribution is -0.386. The Labute approximate surface area is 163 Å². The molecule has 0 fully saturated rings. The van der Waals surface area contributed by atoms with Crippen molar-refractivity contribution < 1.29 is 23.9 Å². The molecule has 0 radical (unpaired) electrons. The minimum atomic E-state index is -0.668. The van der Waals surface area contributed by atoms with Crippen LogP contribution in [-0.2, 0) is 0 Å². The summed E-state index contributed by atoms with van der Waals surface area (Å²) in [5, 5.41) is 14.5. The van der Waals surface area contributed by atoms with Gasteiger partial charge >= 0.3 is 5.69 Å². The van der Waals surface area contributed by atoms with Crippen LogP contribution in [0.3, 0.4) is 0 Å². The van der Waals surface area contributed by atoms with Crippen LogP contribution in [0.1, 0.15) is 40.0 Å². The van der Waals surface area contributed by atoms with Crippen molar-refractivity contribution in [2.45, 2.75) is 26.8 Å². The fourth-order valence-electron chi connectivity index (χ4n) is 3.07. The van der Waals surface area contributed by atoms with Crippen LogP contribution in [0, 0.1) is 24.0 Å². The van der Waals surface area contributed by atoms with Crippen molar-refractivity contribution in [1.29, 1.82) is 0 Å². The van der Waals surface area contributed by atoms with E-state index >= 15 is 0 Å². The number of carbonyl (C=O) groups is 1. The predicted molar refractivity (Wildman–Crippen MR) is 105 cm³/mol. The molecule has 0 bridgehead atoms. The van der Waals surface area contributed by atoms with E-state index in [0.717, 1.165) is 16.7 Å². The zero-order valence-corrected chi connectivity index (χ0v) is 16.8. The maximum Gasteiger partial charge on any atom is 0.327 e. The molecule has 28 heavy (non-hydrogen) atoms. The van der Waals surface area contributed by atoms with Crippen LogP contribution in [0.15, 0.2) is 24.3 Å². The van der Waals surface area contributed by atoms with Crippen molar-refractivity contribution in [2.24, 2.45) is 0 Å². The molecule has 0 saturated carbocycles. The topological polar surface area (TPSA) is 99.9 Å². The van der Waals surface area contributed by atoms with Gasteiger partial charge in [-0.25, -0.2) is 0 Å². The Morgan fingerprint density at radius 2 is 1.71 bits per heavy atom. The average Bonchev–Trinajstić information content (AvgIpc) is 2.67. The molecule has 0 heterocycles. The van der Waals surface area contributed by atoms with Crippen molar-refractivity contribution in [3.8, 4) is 17.2 Å². The van der Waals surface area contributed by atoms with Crippen molar-refractivity contribution in [1.82, 2.24) is 5.32 Å². The molecule has 8 nitrogen and oxygen atoms in total. The first-order valence-corrected chi connectivity index (χ1v) is 8.60. The molecule has 2 aromatic rings. The van der Waals surface area contributed by atoms with Gasteiger partial charge in [0.1, 0.15) is 5.56 Å². The Hall–Kier alpha value is -3.29. The highest BCUT2D eigenvalue weighted by atomic mass is 16.6. The van der Waals surface area contributed by atoms with Crippen molar-refractivity contribution >= 4 is 11.6 Å². The molecule has 2 rings (SSSR count). The first-order chi connectivity index (χ1) is 13.2. The van der Waals surface area contributed by atoms with Gasteiger partial charge in [0.25, 0.3) is 5.91 Å². The Balaban J connectivity index is 2.52. The fraction of sp³-hybridized carbons (Fsp3) is 0.350. The Morgan fingerprint density at radius 1 is 1.07 bits per heavy atom. The molecule has 150 valence electrons. The number of ether oxygens (including phenoxy) is 3. The summed E-state index contributed by atoms with van der Waals surface area (Å²) in [6, 6.07) is 6.85. The van der Waals surface area contributed by atoms with Gasteiger partial charge in [0.2, 0.25) is 11.5 Å². The third kappa shape index (κ3) is 4.00. The lowest BCUT2D eigenvalue weighted by atomic mass is 9.99. The number of amides is 1. The summed E-state index contributed by atoms with van der Waals surface area (Å²) < 4.78 is 15.6. The highest BCUT2D eigenvalue weighted by Gasteiger charge is 2.33. The van der Waals surface area contributed by atoms with E-state index in [0.29, 0.717) is 0 Å². The van der Waals surface area contributed by atoms with Crippen LogP contribution >= 0.6 is 0 Å². The Bertz CT molecular complexity index is 910. The van der Waals surface area contributed by atoms with E-state index in [9.17, 15) is 14.9 Å². The Kier molecular flexibility index (Phi) is 6.45. The molecule has 0 aliphatic carbocycles. The van der Waals surface area contributed by atoms with Crippen molar-refractivity contribution in [2.75, 3.05) is 21.3 Å². The Morgan fingerprint density at radius 3 is 2.25 bits per heavy atom. The van der Waals surface area contributed by atoms with Crippen LogP contribution in [0.5, 0.6) is 17.2 Å². The number of aryl methyl sites for hydroxylation is 2. The van der Waals surface area contributed by atoms with E-state index in [4.69, 9.17) is 14.2 Å². The molecule has 1 atom stereocenters. The van der Waals surface area contributed by atoms with Gasteiger partial charge < -0.3 is 19.5 Å². The van der Waals surface area contributed by atoms with E-state index in [-0.39, 0.29) is 28.9 Å². The minimum Gasteiger partial charge on any atom is -0.493 e. The summed E-state index contributed by atoms with van der Waals surface area (Å²) in [5.74, 6) is -0.568. The third-order valence-corrected chi connectivity index (χ3v) is 4.48. The number of benzene rings is 2. The van der Waals surface area contributed by atoms with E-state index in [1.165, 1.54) is 27.4 Å². The van der Waals surface area contributed by atoms with Crippen molar-refractivity contribution in [3.05, 3.63) is 56.6 Å². The summed E-state index contributed by atoms with van der Waals surface area (Å²) in [6.45, 7) is 5.73. The van der Waals surface area contributed by atoms with Crippen LogP contribution < -0.4 is 19.5 Å². The normalized spacial score (nSPS) is 11.5.